The van der Waals surface area contributed by atoms with Crippen molar-refractivity contribution in [3.63, 3.8) is 0 Å². The number of hydrogen-bond donors (Lipinski definition) is 1. The molecule has 1 N–H and O–H groups in total. The van der Waals surface area contributed by atoms with Gasteiger partial charge < -0.3 is 9.64 Å². The summed E-state index contributed by atoms with van der Waals surface area (Å²) in [4.78, 5) is 14.6. The number of rotatable bonds is 5. The van der Waals surface area contributed by atoms with Crippen LogP contribution in [0.15, 0.2) is 52.0 Å². The number of ether oxygens (including phenoxy) is 1. The van der Waals surface area contributed by atoms with Crippen molar-refractivity contribution in [1.82, 2.24) is 5.43 Å². The summed E-state index contributed by atoms with van der Waals surface area (Å²) in [5, 5.41) is 4.04. The van der Waals surface area contributed by atoms with E-state index >= 15 is 0 Å². The smallest absolute Gasteiger partial charge is 0.275 e. The average molecular weight is 402 g/mol. The average Bonchev–Trinajstić information content (AvgIpc) is 3.17. The van der Waals surface area contributed by atoms with Crippen molar-refractivity contribution in [3.05, 3.63) is 58.1 Å². The van der Waals surface area contributed by atoms with E-state index in [0.717, 1.165) is 23.1 Å². The number of hydrazone groups is 1. The molecule has 1 fully saturated rings. The van der Waals surface area contributed by atoms with Crippen LogP contribution in [-0.2, 0) is 0 Å². The SMILES string of the molecule is COc1ccc(Br)cc1C(=O)NN=Cc1ccc(N2CCCC2)cc1. The first-order valence-corrected chi connectivity index (χ1v) is 8.98. The lowest BCUT2D eigenvalue weighted by Gasteiger charge is -2.17. The van der Waals surface area contributed by atoms with Crippen molar-refractivity contribution < 1.29 is 9.53 Å². The molecule has 2 aromatic carbocycles. The summed E-state index contributed by atoms with van der Waals surface area (Å²) in [5.74, 6) is 0.189. The summed E-state index contributed by atoms with van der Waals surface area (Å²) < 4.78 is 6.02. The van der Waals surface area contributed by atoms with Gasteiger partial charge in [0.25, 0.3) is 5.91 Å². The molecule has 0 spiro atoms. The third-order valence-corrected chi connectivity index (χ3v) is 4.64. The van der Waals surface area contributed by atoms with E-state index in [9.17, 15) is 4.79 Å². The molecule has 5 nitrogen and oxygen atoms in total. The Morgan fingerprint density at radius 2 is 1.92 bits per heavy atom. The lowest BCUT2D eigenvalue weighted by atomic mass is 10.2. The highest BCUT2D eigenvalue weighted by Crippen LogP contribution is 2.23. The van der Waals surface area contributed by atoms with E-state index in [4.69, 9.17) is 4.74 Å². The van der Waals surface area contributed by atoms with Crippen molar-refractivity contribution in [1.29, 1.82) is 0 Å². The first-order valence-electron chi connectivity index (χ1n) is 8.19. The predicted molar refractivity (Wildman–Crippen MR) is 104 cm³/mol. The van der Waals surface area contributed by atoms with Crippen LogP contribution in [-0.4, -0.2) is 32.3 Å². The number of hydrogen-bond acceptors (Lipinski definition) is 4. The van der Waals surface area contributed by atoms with Gasteiger partial charge in [-0.25, -0.2) is 5.43 Å². The third kappa shape index (κ3) is 4.39. The maximum atomic E-state index is 12.3. The van der Waals surface area contributed by atoms with E-state index in [1.54, 1.807) is 18.3 Å². The van der Waals surface area contributed by atoms with Crippen molar-refractivity contribution in [2.24, 2.45) is 5.10 Å². The van der Waals surface area contributed by atoms with Crippen LogP contribution in [0.5, 0.6) is 5.75 Å². The van der Waals surface area contributed by atoms with Gasteiger partial charge >= 0.3 is 0 Å². The fraction of sp³-hybridized carbons (Fsp3) is 0.263. The van der Waals surface area contributed by atoms with E-state index in [0.29, 0.717) is 11.3 Å². The second kappa shape index (κ2) is 8.16. The minimum absolute atomic E-state index is 0.317. The molecule has 0 saturated carbocycles. The Morgan fingerprint density at radius 3 is 2.60 bits per heavy atom. The molecule has 0 aliphatic carbocycles. The van der Waals surface area contributed by atoms with E-state index in [1.807, 2.05) is 18.2 Å². The minimum atomic E-state index is -0.317. The van der Waals surface area contributed by atoms with Gasteiger partial charge in [0.05, 0.1) is 18.9 Å². The highest BCUT2D eigenvalue weighted by molar-refractivity contribution is 9.10. The molecule has 1 saturated heterocycles. The fourth-order valence-electron chi connectivity index (χ4n) is 2.83. The van der Waals surface area contributed by atoms with Crippen LogP contribution >= 0.6 is 15.9 Å². The molecule has 25 heavy (non-hydrogen) atoms. The van der Waals surface area contributed by atoms with Crippen LogP contribution in [0.4, 0.5) is 5.69 Å². The minimum Gasteiger partial charge on any atom is -0.496 e. The number of methoxy groups -OCH3 is 1. The van der Waals surface area contributed by atoms with Gasteiger partial charge in [0.2, 0.25) is 0 Å². The molecule has 0 unspecified atom stereocenters. The van der Waals surface area contributed by atoms with E-state index in [1.165, 1.54) is 25.6 Å². The van der Waals surface area contributed by atoms with Crippen molar-refractivity contribution in [2.75, 3.05) is 25.1 Å². The quantitative estimate of drug-likeness (QED) is 0.611. The van der Waals surface area contributed by atoms with Crippen LogP contribution in [0.2, 0.25) is 0 Å². The number of halogens is 1. The van der Waals surface area contributed by atoms with Crippen LogP contribution < -0.4 is 15.1 Å². The molecule has 0 bridgehead atoms. The van der Waals surface area contributed by atoms with Gasteiger partial charge in [-0.1, -0.05) is 28.1 Å². The monoisotopic (exact) mass is 401 g/mol. The molecule has 0 radical (unpaired) electrons. The summed E-state index contributed by atoms with van der Waals surface area (Å²) in [6, 6.07) is 13.4. The molecule has 1 amide bonds. The second-order valence-corrected chi connectivity index (χ2v) is 6.75. The van der Waals surface area contributed by atoms with E-state index < -0.39 is 0 Å². The number of nitrogens with zero attached hydrogens (tertiary/aromatic N) is 2. The summed E-state index contributed by atoms with van der Waals surface area (Å²) in [6.45, 7) is 2.25. The molecule has 1 heterocycles. The molecule has 2 aromatic rings. The maximum Gasteiger partial charge on any atom is 0.275 e. The molecule has 0 atom stereocenters. The summed E-state index contributed by atoms with van der Waals surface area (Å²) in [6.07, 6.45) is 4.15. The number of benzene rings is 2. The molecule has 1 aliphatic rings. The number of amides is 1. The maximum absolute atomic E-state index is 12.3. The molecule has 0 aromatic heterocycles. The zero-order valence-electron chi connectivity index (χ0n) is 14.0. The van der Waals surface area contributed by atoms with Crippen molar-refractivity contribution >= 4 is 33.7 Å². The normalized spacial score (nSPS) is 14.1. The highest BCUT2D eigenvalue weighted by atomic mass is 79.9. The zero-order valence-corrected chi connectivity index (χ0v) is 15.6. The van der Waals surface area contributed by atoms with Gasteiger partial charge in [-0.3, -0.25) is 4.79 Å². The van der Waals surface area contributed by atoms with Gasteiger partial charge in [-0.15, -0.1) is 0 Å². The van der Waals surface area contributed by atoms with Crippen molar-refractivity contribution in [2.45, 2.75) is 12.8 Å². The molecule has 130 valence electrons. The summed E-state index contributed by atoms with van der Waals surface area (Å²) in [7, 11) is 1.53. The van der Waals surface area contributed by atoms with Crippen molar-refractivity contribution in [3.8, 4) is 5.75 Å². The van der Waals surface area contributed by atoms with Crippen LogP contribution in [0.3, 0.4) is 0 Å². The van der Waals surface area contributed by atoms with Gasteiger partial charge in [-0.2, -0.15) is 5.10 Å². The number of carbonyl (C=O) groups excluding carboxylic acids is 1. The van der Waals surface area contributed by atoms with E-state index in [-0.39, 0.29) is 5.91 Å². The second-order valence-electron chi connectivity index (χ2n) is 5.83. The Morgan fingerprint density at radius 1 is 1.20 bits per heavy atom. The molecule has 1 aliphatic heterocycles. The molecule has 3 rings (SSSR count). The number of carbonyl (C=O) groups is 1. The van der Waals surface area contributed by atoms with Gasteiger partial charge in [0, 0.05) is 23.2 Å². The molecular formula is C19H20BrN3O2. The summed E-state index contributed by atoms with van der Waals surface area (Å²) >= 11 is 3.36. The van der Waals surface area contributed by atoms with Gasteiger partial charge in [-0.05, 0) is 48.7 Å². The Kier molecular flexibility index (Phi) is 5.71. The van der Waals surface area contributed by atoms with E-state index in [2.05, 4.69) is 43.5 Å². The number of nitrogens with one attached hydrogen (secondary N) is 1. The lowest BCUT2D eigenvalue weighted by Crippen LogP contribution is -2.18. The first-order chi connectivity index (χ1) is 12.2. The first kappa shape index (κ1) is 17.5. The fourth-order valence-corrected chi connectivity index (χ4v) is 3.19. The largest absolute Gasteiger partial charge is 0.496 e. The third-order valence-electron chi connectivity index (χ3n) is 4.15. The Balaban J connectivity index is 1.63. The predicted octanol–water partition coefficient (Wildman–Crippen LogP) is 3.82. The van der Waals surface area contributed by atoms with Crippen LogP contribution in [0, 0.1) is 0 Å². The Labute approximate surface area is 155 Å². The van der Waals surface area contributed by atoms with Crippen LogP contribution in [0.25, 0.3) is 0 Å². The number of anilines is 1. The topological polar surface area (TPSA) is 53.9 Å². The van der Waals surface area contributed by atoms with Crippen LogP contribution in [0.1, 0.15) is 28.8 Å². The Hall–Kier alpha value is -2.34. The standard InChI is InChI=1S/C19H20BrN3O2/c1-25-18-9-6-15(20)12-17(18)19(24)22-21-13-14-4-7-16(8-5-14)23-10-2-3-11-23/h4-9,12-13H,2-3,10-11H2,1H3,(H,22,24). The van der Waals surface area contributed by atoms with Gasteiger partial charge in [0.1, 0.15) is 5.75 Å². The molecule has 6 heteroatoms. The summed E-state index contributed by atoms with van der Waals surface area (Å²) in [5.41, 5.74) is 5.14. The zero-order chi connectivity index (χ0) is 17.6. The lowest BCUT2D eigenvalue weighted by molar-refractivity contribution is 0.0952. The Bertz CT molecular complexity index is 769. The van der Waals surface area contributed by atoms with Gasteiger partial charge in [0.15, 0.2) is 0 Å². The highest BCUT2D eigenvalue weighted by Gasteiger charge is 2.13. The molecular weight excluding hydrogens is 382 g/mol.